The molecule has 3 rings (SSSR count). The van der Waals surface area contributed by atoms with Crippen molar-refractivity contribution in [2.75, 3.05) is 5.75 Å². The quantitative estimate of drug-likeness (QED) is 0.887. The van der Waals surface area contributed by atoms with Crippen molar-refractivity contribution in [3.05, 3.63) is 22.4 Å². The summed E-state index contributed by atoms with van der Waals surface area (Å²) in [5.74, 6) is 3.41. The molecule has 0 saturated heterocycles. The van der Waals surface area contributed by atoms with E-state index in [1.807, 2.05) is 11.8 Å². The molecule has 0 spiro atoms. The van der Waals surface area contributed by atoms with Gasteiger partial charge >= 0.3 is 0 Å². The van der Waals surface area contributed by atoms with E-state index in [0.29, 0.717) is 18.3 Å². The Bertz CT molecular complexity index is 482. The van der Waals surface area contributed by atoms with Crippen LogP contribution in [0.2, 0.25) is 0 Å². The number of nitrogens with two attached hydrogens (primary N) is 1. The van der Waals surface area contributed by atoms with Gasteiger partial charge in [0.1, 0.15) is 0 Å². The monoisotopic (exact) mass is 253 g/mol. The number of nitrogens with zero attached hydrogens (tertiary/aromatic N) is 2. The van der Waals surface area contributed by atoms with Gasteiger partial charge in [-0.05, 0) is 23.8 Å². The Balaban J connectivity index is 1.96. The molecule has 0 saturated carbocycles. The second kappa shape index (κ2) is 4.20. The van der Waals surface area contributed by atoms with E-state index in [2.05, 4.69) is 16.3 Å². The third kappa shape index (κ3) is 1.77. The lowest BCUT2D eigenvalue weighted by Gasteiger charge is -2.08. The lowest BCUT2D eigenvalue weighted by molar-refractivity contribution is 0.509. The van der Waals surface area contributed by atoms with Gasteiger partial charge in [0.25, 0.3) is 5.89 Å². The Labute approximate surface area is 101 Å². The average molecular weight is 253 g/mol. The van der Waals surface area contributed by atoms with Crippen molar-refractivity contribution in [2.24, 2.45) is 5.73 Å². The number of rotatable bonds is 2. The fourth-order valence-corrected chi connectivity index (χ4v) is 3.98. The van der Waals surface area contributed by atoms with Gasteiger partial charge in [-0.3, -0.25) is 0 Å². The van der Waals surface area contributed by atoms with Crippen molar-refractivity contribution in [1.29, 1.82) is 0 Å². The fraction of sp³-hybridized carbons (Fsp3) is 0.400. The minimum atomic E-state index is 0.300. The molecule has 0 aromatic carbocycles. The van der Waals surface area contributed by atoms with Gasteiger partial charge in [0.05, 0.1) is 11.4 Å². The number of hydrogen-bond acceptors (Lipinski definition) is 6. The van der Waals surface area contributed by atoms with Crippen molar-refractivity contribution < 1.29 is 4.42 Å². The molecule has 0 amide bonds. The lowest BCUT2D eigenvalue weighted by Crippen LogP contribution is -1.96. The normalized spacial score (nSPS) is 15.1. The SMILES string of the molecule is NCc1nnc(-c2cc3c(s2)CCSC3)o1. The topological polar surface area (TPSA) is 64.9 Å². The number of fused-ring (bicyclic) bond motifs is 1. The van der Waals surface area contributed by atoms with Gasteiger partial charge in [-0.25, -0.2) is 0 Å². The summed E-state index contributed by atoms with van der Waals surface area (Å²) >= 11 is 3.74. The summed E-state index contributed by atoms with van der Waals surface area (Å²) in [5.41, 5.74) is 6.86. The second-order valence-electron chi connectivity index (χ2n) is 3.57. The van der Waals surface area contributed by atoms with Crippen molar-refractivity contribution >= 4 is 23.1 Å². The van der Waals surface area contributed by atoms with Crippen molar-refractivity contribution in [3.8, 4) is 10.8 Å². The first kappa shape index (κ1) is 10.3. The summed E-state index contributed by atoms with van der Waals surface area (Å²) in [5, 5.41) is 7.88. The first-order valence-electron chi connectivity index (χ1n) is 5.09. The van der Waals surface area contributed by atoms with Crippen LogP contribution in [0.15, 0.2) is 10.5 Å². The van der Waals surface area contributed by atoms with Crippen molar-refractivity contribution in [1.82, 2.24) is 10.2 Å². The molecule has 1 aliphatic heterocycles. The molecule has 0 bridgehead atoms. The highest BCUT2D eigenvalue weighted by molar-refractivity contribution is 7.98. The molecule has 3 heterocycles. The molecule has 16 heavy (non-hydrogen) atoms. The van der Waals surface area contributed by atoms with Crippen LogP contribution in [-0.4, -0.2) is 16.0 Å². The van der Waals surface area contributed by atoms with E-state index in [4.69, 9.17) is 10.2 Å². The second-order valence-corrected chi connectivity index (χ2v) is 5.81. The highest BCUT2D eigenvalue weighted by Gasteiger charge is 2.17. The Morgan fingerprint density at radius 3 is 3.12 bits per heavy atom. The molecule has 2 aromatic rings. The largest absolute Gasteiger partial charge is 0.419 e. The number of hydrogen-bond donors (Lipinski definition) is 1. The van der Waals surface area contributed by atoms with E-state index in [-0.39, 0.29) is 0 Å². The molecule has 2 aromatic heterocycles. The predicted molar refractivity (Wildman–Crippen MR) is 65.4 cm³/mol. The van der Waals surface area contributed by atoms with Crippen LogP contribution in [-0.2, 0) is 18.7 Å². The Kier molecular flexibility index (Phi) is 2.70. The molecule has 0 aliphatic carbocycles. The van der Waals surface area contributed by atoms with Crippen LogP contribution in [0.5, 0.6) is 0 Å². The summed E-state index contributed by atoms with van der Waals surface area (Å²) in [6, 6.07) is 2.17. The Morgan fingerprint density at radius 2 is 2.38 bits per heavy atom. The molecule has 0 fully saturated rings. The summed E-state index contributed by atoms with van der Waals surface area (Å²) in [6.07, 6.45) is 1.16. The smallest absolute Gasteiger partial charge is 0.257 e. The van der Waals surface area contributed by atoms with Gasteiger partial charge in [0.2, 0.25) is 5.89 Å². The van der Waals surface area contributed by atoms with Crippen LogP contribution in [0.4, 0.5) is 0 Å². The molecule has 0 atom stereocenters. The van der Waals surface area contributed by atoms with Crippen LogP contribution in [0.1, 0.15) is 16.3 Å². The maximum absolute atomic E-state index is 5.45. The first-order valence-corrected chi connectivity index (χ1v) is 7.06. The molecular weight excluding hydrogens is 242 g/mol. The van der Waals surface area contributed by atoms with Crippen molar-refractivity contribution in [3.63, 3.8) is 0 Å². The van der Waals surface area contributed by atoms with Crippen LogP contribution in [0, 0.1) is 0 Å². The minimum Gasteiger partial charge on any atom is -0.419 e. The molecule has 4 nitrogen and oxygen atoms in total. The zero-order valence-electron chi connectivity index (χ0n) is 8.60. The zero-order chi connectivity index (χ0) is 11.0. The minimum absolute atomic E-state index is 0.300. The first-order chi connectivity index (χ1) is 7.86. The highest BCUT2D eigenvalue weighted by Crippen LogP contribution is 2.36. The van der Waals surface area contributed by atoms with Gasteiger partial charge in [-0.2, -0.15) is 11.8 Å². The van der Waals surface area contributed by atoms with E-state index in [1.54, 1.807) is 11.3 Å². The zero-order valence-corrected chi connectivity index (χ0v) is 10.2. The number of aryl methyl sites for hydroxylation is 1. The number of thioether (sulfide) groups is 1. The van der Waals surface area contributed by atoms with Gasteiger partial charge in [-0.1, -0.05) is 0 Å². The molecule has 1 aliphatic rings. The Morgan fingerprint density at radius 1 is 1.44 bits per heavy atom. The van der Waals surface area contributed by atoms with E-state index in [1.165, 1.54) is 16.2 Å². The molecular formula is C10H11N3OS2. The maximum Gasteiger partial charge on any atom is 0.257 e. The van der Waals surface area contributed by atoms with Gasteiger partial charge in [0, 0.05) is 10.6 Å². The fourth-order valence-electron chi connectivity index (χ4n) is 1.69. The van der Waals surface area contributed by atoms with Crippen LogP contribution in [0.3, 0.4) is 0 Å². The third-order valence-corrected chi connectivity index (χ3v) is 4.71. The molecule has 2 N–H and O–H groups in total. The standard InChI is InChI=1S/C10H11N3OS2/c11-4-9-12-13-10(14-9)8-3-6-5-15-2-1-7(6)16-8/h3H,1-2,4-5,11H2. The highest BCUT2D eigenvalue weighted by atomic mass is 32.2. The number of thiophene rings is 1. The van der Waals surface area contributed by atoms with E-state index < -0.39 is 0 Å². The predicted octanol–water partition coefficient (Wildman–Crippen LogP) is 2.05. The van der Waals surface area contributed by atoms with Gasteiger partial charge in [0.15, 0.2) is 0 Å². The Hall–Kier alpha value is -0.850. The molecule has 0 radical (unpaired) electrons. The maximum atomic E-state index is 5.45. The molecule has 84 valence electrons. The van der Waals surface area contributed by atoms with Crippen LogP contribution >= 0.6 is 23.1 Å². The molecule has 6 heteroatoms. The van der Waals surface area contributed by atoms with Crippen LogP contribution < -0.4 is 5.73 Å². The van der Waals surface area contributed by atoms with Gasteiger partial charge < -0.3 is 10.2 Å². The summed E-state index contributed by atoms with van der Waals surface area (Å²) in [4.78, 5) is 2.53. The van der Waals surface area contributed by atoms with Crippen LogP contribution in [0.25, 0.3) is 10.8 Å². The van der Waals surface area contributed by atoms with E-state index in [9.17, 15) is 0 Å². The summed E-state index contributed by atoms with van der Waals surface area (Å²) in [7, 11) is 0. The van der Waals surface area contributed by atoms with Crippen molar-refractivity contribution in [2.45, 2.75) is 18.7 Å². The summed E-state index contributed by atoms with van der Waals surface area (Å²) in [6.45, 7) is 0.300. The number of aromatic nitrogens is 2. The van der Waals surface area contributed by atoms with E-state index >= 15 is 0 Å². The summed E-state index contributed by atoms with van der Waals surface area (Å²) < 4.78 is 5.45. The van der Waals surface area contributed by atoms with Gasteiger partial charge in [-0.15, -0.1) is 21.5 Å². The average Bonchev–Trinajstić information content (AvgIpc) is 2.95. The van der Waals surface area contributed by atoms with E-state index in [0.717, 1.165) is 17.1 Å². The lowest BCUT2D eigenvalue weighted by atomic mass is 10.2. The molecule has 0 unspecified atom stereocenters. The third-order valence-electron chi connectivity index (χ3n) is 2.48.